The fourth-order valence-electron chi connectivity index (χ4n) is 4.03. The number of rotatable bonds is 5. The van der Waals surface area contributed by atoms with Crippen molar-refractivity contribution in [2.45, 2.75) is 84.3 Å². The van der Waals surface area contributed by atoms with Gasteiger partial charge in [-0.2, -0.15) is 0 Å². The number of hydrogen-bond donors (Lipinski definition) is 0. The highest BCUT2D eigenvalue weighted by molar-refractivity contribution is 5.76. The molecule has 2 unspecified atom stereocenters. The van der Waals surface area contributed by atoms with Crippen LogP contribution in [0.1, 0.15) is 77.7 Å². The molecule has 0 amide bonds. The minimum atomic E-state index is -0.373. The van der Waals surface area contributed by atoms with Crippen LogP contribution in [-0.2, 0) is 16.1 Å². The second-order valence-electron chi connectivity index (χ2n) is 8.55. The molecule has 0 bridgehead atoms. The molecule has 0 aliphatic heterocycles. The molecule has 1 fully saturated rings. The molecule has 1 aliphatic rings. The second-order valence-corrected chi connectivity index (χ2v) is 8.55. The summed E-state index contributed by atoms with van der Waals surface area (Å²) in [4.78, 5) is 15.4. The van der Waals surface area contributed by atoms with Crippen molar-refractivity contribution >= 4 is 5.97 Å². The molecular formula is C23H37NO2. The van der Waals surface area contributed by atoms with Gasteiger partial charge >= 0.3 is 5.97 Å². The number of nitrogens with zero attached hydrogens (tertiary/aromatic N) is 1. The quantitative estimate of drug-likeness (QED) is 0.643. The van der Waals surface area contributed by atoms with E-state index in [4.69, 9.17) is 4.74 Å². The number of carbonyl (C=O) groups excluding carboxylic acids is 1. The van der Waals surface area contributed by atoms with E-state index in [1.165, 1.54) is 25.7 Å². The Morgan fingerprint density at radius 2 is 1.65 bits per heavy atom. The van der Waals surface area contributed by atoms with Gasteiger partial charge in [-0.05, 0) is 58.7 Å². The molecule has 3 nitrogen and oxygen atoms in total. The number of hydrogen-bond acceptors (Lipinski definition) is 3. The lowest BCUT2D eigenvalue weighted by Crippen LogP contribution is -2.45. The third kappa shape index (κ3) is 5.57. The van der Waals surface area contributed by atoms with Gasteiger partial charge in [-0.15, -0.1) is 0 Å². The number of carbonyl (C=O) groups is 1. The summed E-state index contributed by atoms with van der Waals surface area (Å²) in [5, 5.41) is 0. The van der Waals surface area contributed by atoms with Gasteiger partial charge < -0.3 is 9.64 Å². The minimum absolute atomic E-state index is 0.0246. The van der Waals surface area contributed by atoms with E-state index < -0.39 is 0 Å². The van der Waals surface area contributed by atoms with Crippen molar-refractivity contribution in [1.29, 1.82) is 0 Å². The van der Waals surface area contributed by atoms with E-state index in [0.29, 0.717) is 6.61 Å². The lowest BCUT2D eigenvalue weighted by Gasteiger charge is -2.42. The standard InChI is InChI=1S/C23H37NO2/c1-5-24(4)23(3)16-12-7-6-11-15-22(2,17-18-23)21(25)26-19-20-13-9-8-10-14-20/h8-10,13-14H,5-7,11-12,15-19H2,1-4H3. The van der Waals surface area contributed by atoms with Crippen LogP contribution in [0, 0.1) is 5.41 Å². The van der Waals surface area contributed by atoms with Crippen LogP contribution < -0.4 is 0 Å². The van der Waals surface area contributed by atoms with Gasteiger partial charge in [-0.1, -0.05) is 62.9 Å². The van der Waals surface area contributed by atoms with Crippen LogP contribution >= 0.6 is 0 Å². The summed E-state index contributed by atoms with van der Waals surface area (Å²) in [7, 11) is 2.22. The van der Waals surface area contributed by atoms with Gasteiger partial charge in [0.2, 0.25) is 0 Å². The Bertz CT molecular complexity index is 559. The fourth-order valence-corrected chi connectivity index (χ4v) is 4.03. The van der Waals surface area contributed by atoms with Gasteiger partial charge in [0.05, 0.1) is 5.41 Å². The normalized spacial score (nSPS) is 27.9. The molecule has 26 heavy (non-hydrogen) atoms. The Hall–Kier alpha value is -1.35. The summed E-state index contributed by atoms with van der Waals surface area (Å²) < 4.78 is 5.74. The number of esters is 1. The van der Waals surface area contributed by atoms with Crippen LogP contribution in [0.5, 0.6) is 0 Å². The van der Waals surface area contributed by atoms with Gasteiger partial charge in [0.25, 0.3) is 0 Å². The van der Waals surface area contributed by atoms with Crippen LogP contribution in [0.25, 0.3) is 0 Å². The molecule has 0 saturated heterocycles. The molecule has 0 heterocycles. The molecule has 146 valence electrons. The first-order valence-corrected chi connectivity index (χ1v) is 10.3. The molecule has 1 aromatic rings. The summed E-state index contributed by atoms with van der Waals surface area (Å²) >= 11 is 0. The lowest BCUT2D eigenvalue weighted by molar-refractivity contribution is -0.158. The summed E-state index contributed by atoms with van der Waals surface area (Å²) in [5.41, 5.74) is 0.856. The largest absolute Gasteiger partial charge is 0.460 e. The molecule has 0 aromatic heterocycles. The maximum absolute atomic E-state index is 13.0. The van der Waals surface area contributed by atoms with E-state index in [0.717, 1.165) is 37.8 Å². The van der Waals surface area contributed by atoms with Crippen molar-refractivity contribution in [3.05, 3.63) is 35.9 Å². The Labute approximate surface area is 160 Å². The summed E-state index contributed by atoms with van der Waals surface area (Å²) in [6.07, 6.45) is 9.00. The highest BCUT2D eigenvalue weighted by Crippen LogP contribution is 2.38. The highest BCUT2D eigenvalue weighted by atomic mass is 16.5. The predicted molar refractivity (Wildman–Crippen MR) is 108 cm³/mol. The first kappa shape index (κ1) is 21.0. The zero-order chi connectivity index (χ0) is 19.0. The summed E-state index contributed by atoms with van der Waals surface area (Å²) in [5.74, 6) is -0.0246. The molecule has 3 heteroatoms. The highest BCUT2D eigenvalue weighted by Gasteiger charge is 2.38. The zero-order valence-electron chi connectivity index (χ0n) is 17.2. The van der Waals surface area contributed by atoms with Crippen molar-refractivity contribution in [3.8, 4) is 0 Å². The van der Waals surface area contributed by atoms with Crippen molar-refractivity contribution in [1.82, 2.24) is 4.90 Å². The van der Waals surface area contributed by atoms with E-state index in [-0.39, 0.29) is 16.9 Å². The summed E-state index contributed by atoms with van der Waals surface area (Å²) in [6, 6.07) is 9.98. The van der Waals surface area contributed by atoms with Crippen molar-refractivity contribution < 1.29 is 9.53 Å². The maximum atomic E-state index is 13.0. The number of benzene rings is 1. The molecule has 2 atom stereocenters. The van der Waals surface area contributed by atoms with Gasteiger partial charge in [-0.3, -0.25) is 4.79 Å². The van der Waals surface area contributed by atoms with Crippen LogP contribution in [0.4, 0.5) is 0 Å². The van der Waals surface area contributed by atoms with Crippen LogP contribution in [0.2, 0.25) is 0 Å². The molecule has 0 N–H and O–H groups in total. The average Bonchev–Trinajstić information content (AvgIpc) is 2.67. The third-order valence-electron chi connectivity index (χ3n) is 6.51. The molecule has 0 radical (unpaired) electrons. The van der Waals surface area contributed by atoms with Gasteiger partial charge in [-0.25, -0.2) is 0 Å². The molecule has 1 saturated carbocycles. The monoisotopic (exact) mass is 359 g/mol. The number of ether oxygens (including phenoxy) is 1. The molecule has 2 rings (SSSR count). The Balaban J connectivity index is 2.05. The van der Waals surface area contributed by atoms with Crippen molar-refractivity contribution in [3.63, 3.8) is 0 Å². The van der Waals surface area contributed by atoms with Crippen LogP contribution in [0.15, 0.2) is 30.3 Å². The van der Waals surface area contributed by atoms with Crippen molar-refractivity contribution in [2.24, 2.45) is 5.41 Å². The Morgan fingerprint density at radius 1 is 1.00 bits per heavy atom. The maximum Gasteiger partial charge on any atom is 0.312 e. The second kappa shape index (κ2) is 9.55. The van der Waals surface area contributed by atoms with E-state index in [1.807, 2.05) is 30.3 Å². The van der Waals surface area contributed by atoms with Gasteiger partial charge in [0, 0.05) is 5.54 Å². The fraction of sp³-hybridized carbons (Fsp3) is 0.696. The van der Waals surface area contributed by atoms with Crippen LogP contribution in [-0.4, -0.2) is 30.0 Å². The third-order valence-corrected chi connectivity index (χ3v) is 6.51. The first-order valence-electron chi connectivity index (χ1n) is 10.3. The van der Waals surface area contributed by atoms with Crippen LogP contribution in [0.3, 0.4) is 0 Å². The Morgan fingerprint density at radius 3 is 2.31 bits per heavy atom. The molecule has 1 aromatic carbocycles. The summed E-state index contributed by atoms with van der Waals surface area (Å²) in [6.45, 7) is 8.13. The van der Waals surface area contributed by atoms with Crippen molar-refractivity contribution in [2.75, 3.05) is 13.6 Å². The van der Waals surface area contributed by atoms with Gasteiger partial charge in [0.15, 0.2) is 0 Å². The average molecular weight is 360 g/mol. The van der Waals surface area contributed by atoms with E-state index in [1.54, 1.807) is 0 Å². The van der Waals surface area contributed by atoms with Gasteiger partial charge in [0.1, 0.15) is 6.61 Å². The zero-order valence-corrected chi connectivity index (χ0v) is 17.2. The lowest BCUT2D eigenvalue weighted by atomic mass is 9.74. The first-order chi connectivity index (χ1) is 12.4. The van der Waals surface area contributed by atoms with E-state index in [9.17, 15) is 4.79 Å². The SMILES string of the molecule is CCN(C)C1(C)CCCCCCC(C)(C(=O)OCc2ccccc2)CC1. The van der Waals surface area contributed by atoms with E-state index >= 15 is 0 Å². The predicted octanol–water partition coefficient (Wildman–Crippen LogP) is 5.58. The molecule has 0 spiro atoms. The topological polar surface area (TPSA) is 29.5 Å². The molecule has 1 aliphatic carbocycles. The minimum Gasteiger partial charge on any atom is -0.460 e. The molecular weight excluding hydrogens is 322 g/mol. The van der Waals surface area contributed by atoms with E-state index in [2.05, 4.69) is 32.7 Å². The smallest absolute Gasteiger partial charge is 0.312 e. The Kier molecular flexibility index (Phi) is 7.69.